The van der Waals surface area contributed by atoms with E-state index in [1.807, 2.05) is 35.3 Å². The molecule has 0 spiro atoms. The van der Waals surface area contributed by atoms with Crippen molar-refractivity contribution in [1.29, 1.82) is 0 Å². The standard InChI is InChI=1S/C11H14N4/c12-7-10-8-14-15(9-10)6-4-11-3-1-2-5-13-11/h1-3,5,8-9H,4,6-7,12H2. The molecule has 0 aliphatic rings. The number of nitrogens with two attached hydrogens (primary N) is 1. The molecule has 0 atom stereocenters. The maximum atomic E-state index is 5.50. The van der Waals surface area contributed by atoms with Crippen LogP contribution in [0.25, 0.3) is 0 Å². The van der Waals surface area contributed by atoms with Crippen LogP contribution in [0, 0.1) is 0 Å². The Morgan fingerprint density at radius 2 is 2.27 bits per heavy atom. The average Bonchev–Trinajstić information content (AvgIpc) is 2.76. The third kappa shape index (κ3) is 2.63. The van der Waals surface area contributed by atoms with E-state index in [0.717, 1.165) is 24.2 Å². The lowest BCUT2D eigenvalue weighted by Gasteiger charge is -2.00. The number of hydrogen-bond acceptors (Lipinski definition) is 3. The molecule has 0 aromatic carbocycles. The van der Waals surface area contributed by atoms with Crippen molar-refractivity contribution in [3.05, 3.63) is 48.0 Å². The molecule has 0 radical (unpaired) electrons. The van der Waals surface area contributed by atoms with Gasteiger partial charge in [-0.05, 0) is 12.1 Å². The summed E-state index contributed by atoms with van der Waals surface area (Å²) in [6.07, 6.45) is 6.48. The molecule has 0 saturated heterocycles. The highest BCUT2D eigenvalue weighted by molar-refractivity contribution is 5.05. The molecule has 4 nitrogen and oxygen atoms in total. The smallest absolute Gasteiger partial charge is 0.0534 e. The van der Waals surface area contributed by atoms with Gasteiger partial charge in [0.25, 0.3) is 0 Å². The van der Waals surface area contributed by atoms with Crippen molar-refractivity contribution >= 4 is 0 Å². The van der Waals surface area contributed by atoms with Gasteiger partial charge in [0.05, 0.1) is 6.20 Å². The first-order valence-corrected chi connectivity index (χ1v) is 5.00. The van der Waals surface area contributed by atoms with Gasteiger partial charge >= 0.3 is 0 Å². The zero-order valence-electron chi connectivity index (χ0n) is 8.50. The van der Waals surface area contributed by atoms with Crippen molar-refractivity contribution in [2.24, 2.45) is 5.73 Å². The van der Waals surface area contributed by atoms with Crippen LogP contribution in [0.15, 0.2) is 36.8 Å². The molecular formula is C11H14N4. The van der Waals surface area contributed by atoms with E-state index in [4.69, 9.17) is 5.73 Å². The topological polar surface area (TPSA) is 56.7 Å². The number of nitrogens with zero attached hydrogens (tertiary/aromatic N) is 3. The number of aryl methyl sites for hydroxylation is 2. The van der Waals surface area contributed by atoms with Gasteiger partial charge in [-0.15, -0.1) is 0 Å². The third-order valence-electron chi connectivity index (χ3n) is 2.25. The maximum absolute atomic E-state index is 5.50. The second-order valence-corrected chi connectivity index (χ2v) is 3.39. The van der Waals surface area contributed by atoms with Crippen LogP contribution < -0.4 is 5.73 Å². The number of hydrogen-bond donors (Lipinski definition) is 1. The van der Waals surface area contributed by atoms with Crippen LogP contribution in [0.2, 0.25) is 0 Å². The fourth-order valence-corrected chi connectivity index (χ4v) is 1.41. The van der Waals surface area contributed by atoms with E-state index < -0.39 is 0 Å². The number of aromatic nitrogens is 3. The molecule has 0 saturated carbocycles. The van der Waals surface area contributed by atoms with Gasteiger partial charge in [0.2, 0.25) is 0 Å². The average molecular weight is 202 g/mol. The number of rotatable bonds is 4. The molecule has 2 rings (SSSR count). The molecule has 0 fully saturated rings. The zero-order chi connectivity index (χ0) is 10.5. The van der Waals surface area contributed by atoms with Crippen molar-refractivity contribution < 1.29 is 0 Å². The molecule has 78 valence electrons. The van der Waals surface area contributed by atoms with E-state index in [1.54, 1.807) is 6.20 Å². The summed E-state index contributed by atoms with van der Waals surface area (Å²) in [5.41, 5.74) is 7.66. The Morgan fingerprint density at radius 1 is 1.33 bits per heavy atom. The molecule has 0 aliphatic carbocycles. The Bertz CT molecular complexity index is 408. The van der Waals surface area contributed by atoms with Crippen molar-refractivity contribution in [1.82, 2.24) is 14.8 Å². The van der Waals surface area contributed by atoms with Crippen LogP contribution in [-0.2, 0) is 19.5 Å². The Balaban J connectivity index is 1.93. The molecule has 2 heterocycles. The Hall–Kier alpha value is -1.68. The van der Waals surface area contributed by atoms with Gasteiger partial charge in [-0.25, -0.2) is 0 Å². The van der Waals surface area contributed by atoms with Crippen LogP contribution in [0.4, 0.5) is 0 Å². The molecule has 0 aliphatic heterocycles. The maximum Gasteiger partial charge on any atom is 0.0534 e. The lowest BCUT2D eigenvalue weighted by atomic mass is 10.3. The van der Waals surface area contributed by atoms with E-state index >= 15 is 0 Å². The Morgan fingerprint density at radius 3 is 2.93 bits per heavy atom. The lowest BCUT2D eigenvalue weighted by molar-refractivity contribution is 0.608. The summed E-state index contributed by atoms with van der Waals surface area (Å²) in [6, 6.07) is 5.94. The molecular weight excluding hydrogens is 188 g/mol. The largest absolute Gasteiger partial charge is 0.326 e. The van der Waals surface area contributed by atoms with Crippen LogP contribution >= 0.6 is 0 Å². The summed E-state index contributed by atoms with van der Waals surface area (Å²) in [5.74, 6) is 0. The summed E-state index contributed by atoms with van der Waals surface area (Å²) < 4.78 is 1.90. The van der Waals surface area contributed by atoms with Crippen LogP contribution in [0.5, 0.6) is 0 Å². The van der Waals surface area contributed by atoms with E-state index in [-0.39, 0.29) is 0 Å². The van der Waals surface area contributed by atoms with Crippen molar-refractivity contribution in [3.63, 3.8) is 0 Å². The minimum Gasteiger partial charge on any atom is -0.326 e. The lowest BCUT2D eigenvalue weighted by Crippen LogP contribution is -2.03. The molecule has 2 N–H and O–H groups in total. The van der Waals surface area contributed by atoms with Crippen molar-refractivity contribution in [2.45, 2.75) is 19.5 Å². The predicted octanol–water partition coefficient (Wildman–Crippen LogP) is 0.979. The predicted molar refractivity (Wildman–Crippen MR) is 58.1 cm³/mol. The highest BCUT2D eigenvalue weighted by Gasteiger charge is 1.97. The van der Waals surface area contributed by atoms with Gasteiger partial charge in [0, 0.05) is 43.2 Å². The second-order valence-electron chi connectivity index (χ2n) is 3.39. The molecule has 2 aromatic rings. The Kier molecular flexibility index (Phi) is 3.09. The summed E-state index contributed by atoms with van der Waals surface area (Å²) in [4.78, 5) is 4.25. The van der Waals surface area contributed by atoms with Crippen LogP contribution in [-0.4, -0.2) is 14.8 Å². The van der Waals surface area contributed by atoms with Crippen molar-refractivity contribution in [2.75, 3.05) is 0 Å². The van der Waals surface area contributed by atoms with E-state index in [0.29, 0.717) is 6.54 Å². The molecule has 15 heavy (non-hydrogen) atoms. The van der Waals surface area contributed by atoms with Gasteiger partial charge in [0.15, 0.2) is 0 Å². The first-order chi connectivity index (χ1) is 7.38. The molecule has 0 unspecified atom stereocenters. The van der Waals surface area contributed by atoms with Gasteiger partial charge in [0.1, 0.15) is 0 Å². The van der Waals surface area contributed by atoms with Gasteiger partial charge in [-0.1, -0.05) is 6.07 Å². The fraction of sp³-hybridized carbons (Fsp3) is 0.273. The monoisotopic (exact) mass is 202 g/mol. The normalized spacial score (nSPS) is 10.5. The minimum absolute atomic E-state index is 0.545. The second kappa shape index (κ2) is 4.70. The first kappa shape index (κ1) is 9.86. The first-order valence-electron chi connectivity index (χ1n) is 5.00. The quantitative estimate of drug-likeness (QED) is 0.804. The van der Waals surface area contributed by atoms with E-state index in [2.05, 4.69) is 10.1 Å². The van der Waals surface area contributed by atoms with Crippen molar-refractivity contribution in [3.8, 4) is 0 Å². The van der Waals surface area contributed by atoms with E-state index in [1.165, 1.54) is 0 Å². The third-order valence-corrected chi connectivity index (χ3v) is 2.25. The van der Waals surface area contributed by atoms with Gasteiger partial charge in [-0.2, -0.15) is 5.10 Å². The van der Waals surface area contributed by atoms with Gasteiger partial charge < -0.3 is 5.73 Å². The highest BCUT2D eigenvalue weighted by atomic mass is 15.3. The van der Waals surface area contributed by atoms with E-state index in [9.17, 15) is 0 Å². The summed E-state index contributed by atoms with van der Waals surface area (Å²) >= 11 is 0. The Labute approximate surface area is 88.8 Å². The SMILES string of the molecule is NCc1cnn(CCc2ccccn2)c1. The molecule has 0 amide bonds. The van der Waals surface area contributed by atoms with Crippen LogP contribution in [0.1, 0.15) is 11.3 Å². The number of pyridine rings is 1. The zero-order valence-corrected chi connectivity index (χ0v) is 8.50. The highest BCUT2D eigenvalue weighted by Crippen LogP contribution is 2.00. The molecule has 0 bridgehead atoms. The molecule has 2 aromatic heterocycles. The molecule has 4 heteroatoms. The fourth-order valence-electron chi connectivity index (χ4n) is 1.41. The minimum atomic E-state index is 0.545. The summed E-state index contributed by atoms with van der Waals surface area (Å²) in [5, 5.41) is 4.21. The van der Waals surface area contributed by atoms with Crippen LogP contribution in [0.3, 0.4) is 0 Å². The van der Waals surface area contributed by atoms with Gasteiger partial charge in [-0.3, -0.25) is 9.67 Å². The summed E-state index contributed by atoms with van der Waals surface area (Å²) in [6.45, 7) is 1.39. The summed E-state index contributed by atoms with van der Waals surface area (Å²) in [7, 11) is 0.